The van der Waals surface area contributed by atoms with Crippen LogP contribution in [0.4, 0.5) is 5.69 Å². The van der Waals surface area contributed by atoms with E-state index in [2.05, 4.69) is 15.8 Å². The van der Waals surface area contributed by atoms with E-state index >= 15 is 0 Å². The standard InChI is InChI=1S/C18H21N3O3S/c1-3-24-15-7-5-14(6-8-15)20-17(22)10-11-18(23)21-19-12-16-9-4-13(2)25-16/h4-9,12H,3,10-11H2,1-2H3,(H,20,22)(H,21,23). The summed E-state index contributed by atoms with van der Waals surface area (Å²) < 4.78 is 5.34. The van der Waals surface area contributed by atoms with Crippen molar-refractivity contribution in [1.29, 1.82) is 0 Å². The second-order valence-corrected chi connectivity index (χ2v) is 6.57. The smallest absolute Gasteiger partial charge is 0.240 e. The van der Waals surface area contributed by atoms with Crippen LogP contribution in [-0.2, 0) is 9.59 Å². The molecule has 0 bridgehead atoms. The minimum Gasteiger partial charge on any atom is -0.494 e. The number of carbonyl (C=O) groups is 2. The van der Waals surface area contributed by atoms with E-state index < -0.39 is 0 Å². The van der Waals surface area contributed by atoms with Crippen molar-refractivity contribution in [3.05, 3.63) is 46.2 Å². The fraction of sp³-hybridized carbons (Fsp3) is 0.278. The molecule has 132 valence electrons. The zero-order valence-corrected chi connectivity index (χ0v) is 15.1. The lowest BCUT2D eigenvalue weighted by Gasteiger charge is -2.07. The number of hydrogen-bond acceptors (Lipinski definition) is 5. The quantitative estimate of drug-likeness (QED) is 0.560. The number of hydrazone groups is 1. The Morgan fingerprint density at radius 1 is 1.12 bits per heavy atom. The highest BCUT2D eigenvalue weighted by Gasteiger charge is 2.07. The molecule has 7 heteroatoms. The lowest BCUT2D eigenvalue weighted by atomic mass is 10.2. The van der Waals surface area contributed by atoms with Crippen LogP contribution in [-0.4, -0.2) is 24.6 Å². The molecule has 0 aliphatic carbocycles. The van der Waals surface area contributed by atoms with Gasteiger partial charge in [-0.3, -0.25) is 9.59 Å². The molecule has 6 nitrogen and oxygen atoms in total. The molecule has 0 radical (unpaired) electrons. The first kappa shape index (κ1) is 18.7. The van der Waals surface area contributed by atoms with Crippen LogP contribution in [0.2, 0.25) is 0 Å². The summed E-state index contributed by atoms with van der Waals surface area (Å²) in [7, 11) is 0. The Kier molecular flexibility index (Phi) is 7.16. The average Bonchev–Trinajstić information content (AvgIpc) is 3.00. The van der Waals surface area contributed by atoms with Crippen molar-refractivity contribution in [1.82, 2.24) is 5.43 Å². The molecule has 2 rings (SSSR count). The third-order valence-electron chi connectivity index (χ3n) is 3.17. The second-order valence-electron chi connectivity index (χ2n) is 5.25. The Hall–Kier alpha value is -2.67. The maximum atomic E-state index is 11.9. The third-order valence-corrected chi connectivity index (χ3v) is 4.11. The summed E-state index contributed by atoms with van der Waals surface area (Å²) in [5, 5.41) is 6.62. The fourth-order valence-corrected chi connectivity index (χ4v) is 2.75. The van der Waals surface area contributed by atoms with E-state index in [1.165, 1.54) is 4.88 Å². The molecule has 1 heterocycles. The molecule has 0 aliphatic heterocycles. The molecule has 0 fully saturated rings. The highest BCUT2D eigenvalue weighted by molar-refractivity contribution is 7.13. The van der Waals surface area contributed by atoms with Crippen molar-refractivity contribution in [3.63, 3.8) is 0 Å². The second kappa shape index (κ2) is 9.58. The summed E-state index contributed by atoms with van der Waals surface area (Å²) in [6.07, 6.45) is 1.76. The number of nitrogens with zero attached hydrogens (tertiary/aromatic N) is 1. The summed E-state index contributed by atoms with van der Waals surface area (Å²) >= 11 is 1.59. The van der Waals surface area contributed by atoms with Crippen LogP contribution in [0.25, 0.3) is 0 Å². The average molecular weight is 359 g/mol. The van der Waals surface area contributed by atoms with Gasteiger partial charge in [0.25, 0.3) is 0 Å². The maximum Gasteiger partial charge on any atom is 0.240 e. The summed E-state index contributed by atoms with van der Waals surface area (Å²) in [5.74, 6) is 0.224. The van der Waals surface area contributed by atoms with Crippen LogP contribution in [0, 0.1) is 6.92 Å². The van der Waals surface area contributed by atoms with Crippen LogP contribution in [0.5, 0.6) is 5.75 Å². The molecule has 0 saturated heterocycles. The normalized spacial score (nSPS) is 10.6. The Labute approximate surface area is 150 Å². The Morgan fingerprint density at radius 2 is 1.84 bits per heavy atom. The number of hydrogen-bond donors (Lipinski definition) is 2. The number of thiophene rings is 1. The van der Waals surface area contributed by atoms with Gasteiger partial charge in [0.15, 0.2) is 0 Å². The highest BCUT2D eigenvalue weighted by Crippen LogP contribution is 2.16. The third kappa shape index (κ3) is 6.76. The molecule has 2 amide bonds. The molecule has 0 spiro atoms. The molecule has 1 aromatic carbocycles. The first-order chi connectivity index (χ1) is 12.1. The van der Waals surface area contributed by atoms with Gasteiger partial charge in [0, 0.05) is 28.3 Å². The van der Waals surface area contributed by atoms with Gasteiger partial charge in [-0.05, 0) is 50.2 Å². The minimum absolute atomic E-state index is 0.0731. The van der Waals surface area contributed by atoms with Crippen molar-refractivity contribution in [3.8, 4) is 5.75 Å². The number of nitrogens with one attached hydrogen (secondary N) is 2. The van der Waals surface area contributed by atoms with E-state index in [9.17, 15) is 9.59 Å². The van der Waals surface area contributed by atoms with Crippen molar-refractivity contribution in [2.75, 3.05) is 11.9 Å². The summed E-state index contributed by atoms with van der Waals surface area (Å²) in [6, 6.07) is 11.0. The number of aryl methyl sites for hydroxylation is 1. The molecule has 0 aliphatic rings. The molecule has 1 aromatic heterocycles. The number of anilines is 1. The van der Waals surface area contributed by atoms with Crippen molar-refractivity contribution in [2.45, 2.75) is 26.7 Å². The topological polar surface area (TPSA) is 79.8 Å². The van der Waals surface area contributed by atoms with Gasteiger partial charge < -0.3 is 10.1 Å². The SMILES string of the molecule is CCOc1ccc(NC(=O)CCC(=O)NN=Cc2ccc(C)s2)cc1. The van der Waals surface area contributed by atoms with Crippen molar-refractivity contribution >= 4 is 35.1 Å². The lowest BCUT2D eigenvalue weighted by molar-refractivity contribution is -0.124. The largest absolute Gasteiger partial charge is 0.494 e. The number of carbonyl (C=O) groups excluding carboxylic acids is 2. The van der Waals surface area contributed by atoms with E-state index in [1.54, 1.807) is 41.8 Å². The Balaban J connectivity index is 1.70. The van der Waals surface area contributed by atoms with Crippen LogP contribution < -0.4 is 15.5 Å². The van der Waals surface area contributed by atoms with Crippen LogP contribution in [0.1, 0.15) is 29.5 Å². The number of rotatable bonds is 8. The fourth-order valence-electron chi connectivity index (χ4n) is 2.00. The maximum absolute atomic E-state index is 11.9. The van der Waals surface area contributed by atoms with E-state index in [4.69, 9.17) is 4.74 Å². The molecule has 0 atom stereocenters. The zero-order valence-electron chi connectivity index (χ0n) is 14.2. The summed E-state index contributed by atoms with van der Waals surface area (Å²) in [5.41, 5.74) is 3.09. The minimum atomic E-state index is -0.300. The van der Waals surface area contributed by atoms with Gasteiger partial charge in [-0.25, -0.2) is 5.43 Å². The van der Waals surface area contributed by atoms with Gasteiger partial charge >= 0.3 is 0 Å². The number of ether oxygens (including phenoxy) is 1. The molecular weight excluding hydrogens is 338 g/mol. The van der Waals surface area contributed by atoms with Crippen LogP contribution in [0.3, 0.4) is 0 Å². The van der Waals surface area contributed by atoms with Gasteiger partial charge in [0.05, 0.1) is 12.8 Å². The van der Waals surface area contributed by atoms with Gasteiger partial charge in [-0.2, -0.15) is 5.10 Å². The number of amides is 2. The highest BCUT2D eigenvalue weighted by atomic mass is 32.1. The Bertz CT molecular complexity index is 738. The lowest BCUT2D eigenvalue weighted by Crippen LogP contribution is -2.20. The van der Waals surface area contributed by atoms with Gasteiger partial charge in [0.2, 0.25) is 11.8 Å². The van der Waals surface area contributed by atoms with Crippen LogP contribution >= 0.6 is 11.3 Å². The Morgan fingerprint density at radius 3 is 2.48 bits per heavy atom. The zero-order chi connectivity index (χ0) is 18.1. The first-order valence-electron chi connectivity index (χ1n) is 7.98. The molecule has 2 N–H and O–H groups in total. The predicted molar refractivity (Wildman–Crippen MR) is 100 cm³/mol. The molecule has 0 saturated carbocycles. The molecular formula is C18H21N3O3S. The van der Waals surface area contributed by atoms with E-state index in [0.717, 1.165) is 10.6 Å². The predicted octanol–water partition coefficient (Wildman–Crippen LogP) is 3.32. The number of benzene rings is 1. The van der Waals surface area contributed by atoms with Crippen molar-refractivity contribution < 1.29 is 14.3 Å². The van der Waals surface area contributed by atoms with Gasteiger partial charge in [-0.1, -0.05) is 0 Å². The van der Waals surface area contributed by atoms with Crippen molar-refractivity contribution in [2.24, 2.45) is 5.10 Å². The van der Waals surface area contributed by atoms with E-state index in [1.807, 2.05) is 26.0 Å². The molecule has 0 unspecified atom stereocenters. The van der Waals surface area contributed by atoms with Gasteiger partial charge in [-0.15, -0.1) is 11.3 Å². The summed E-state index contributed by atoms with van der Waals surface area (Å²) in [4.78, 5) is 25.7. The molecule has 25 heavy (non-hydrogen) atoms. The first-order valence-corrected chi connectivity index (χ1v) is 8.79. The van der Waals surface area contributed by atoms with E-state index in [-0.39, 0.29) is 24.7 Å². The van der Waals surface area contributed by atoms with Crippen LogP contribution in [0.15, 0.2) is 41.5 Å². The van der Waals surface area contributed by atoms with E-state index in [0.29, 0.717) is 12.3 Å². The van der Waals surface area contributed by atoms with Gasteiger partial charge in [0.1, 0.15) is 5.75 Å². The summed E-state index contributed by atoms with van der Waals surface area (Å²) in [6.45, 7) is 4.51. The monoisotopic (exact) mass is 359 g/mol. The molecule has 2 aromatic rings.